The van der Waals surface area contributed by atoms with Crippen molar-refractivity contribution in [1.29, 1.82) is 0 Å². The van der Waals surface area contributed by atoms with Gasteiger partial charge in [-0.3, -0.25) is 0 Å². The number of aromatic nitrogens is 1. The summed E-state index contributed by atoms with van der Waals surface area (Å²) in [5.74, 6) is -0.426. The number of nitrogens with one attached hydrogen (secondary N) is 1. The number of benzene rings is 2. The fraction of sp³-hybridized carbons (Fsp3) is 0.300. The van der Waals surface area contributed by atoms with E-state index in [0.717, 1.165) is 17.1 Å². The molecule has 1 aromatic heterocycles. The number of fused-ring (bicyclic) bond motifs is 1. The van der Waals surface area contributed by atoms with Crippen LogP contribution >= 0.6 is 11.3 Å². The number of thiazole rings is 1. The van der Waals surface area contributed by atoms with Crippen molar-refractivity contribution in [2.75, 3.05) is 36.4 Å². The first kappa shape index (κ1) is 17.7. The Morgan fingerprint density at radius 1 is 1.19 bits per heavy atom. The molecule has 1 aliphatic rings. The van der Waals surface area contributed by atoms with Crippen LogP contribution in [0.15, 0.2) is 42.5 Å². The van der Waals surface area contributed by atoms with Gasteiger partial charge in [0, 0.05) is 26.2 Å². The van der Waals surface area contributed by atoms with Crippen molar-refractivity contribution >= 4 is 38.4 Å². The standard InChI is InChI=1S/C20H21FN4OS/c1-2-14-7-8-17-18(13-14)27-20(23-17)25-11-9-24(10-12-25)19(26)22-16-6-4-3-5-15(16)21/h3-8,13H,2,9-12H2,1H3,(H,22,26). The van der Waals surface area contributed by atoms with Crippen molar-refractivity contribution in [2.45, 2.75) is 13.3 Å². The Labute approximate surface area is 161 Å². The van der Waals surface area contributed by atoms with Gasteiger partial charge in [-0.1, -0.05) is 36.5 Å². The zero-order chi connectivity index (χ0) is 18.8. The summed E-state index contributed by atoms with van der Waals surface area (Å²) in [7, 11) is 0. The highest BCUT2D eigenvalue weighted by molar-refractivity contribution is 7.22. The van der Waals surface area contributed by atoms with Gasteiger partial charge < -0.3 is 15.1 Å². The molecule has 0 saturated carbocycles. The van der Waals surface area contributed by atoms with E-state index < -0.39 is 5.82 Å². The number of rotatable bonds is 3. The van der Waals surface area contributed by atoms with Crippen LogP contribution in [0.25, 0.3) is 10.2 Å². The van der Waals surface area contributed by atoms with E-state index in [1.165, 1.54) is 16.3 Å². The summed E-state index contributed by atoms with van der Waals surface area (Å²) < 4.78 is 14.9. The highest BCUT2D eigenvalue weighted by Crippen LogP contribution is 2.30. The van der Waals surface area contributed by atoms with E-state index in [0.29, 0.717) is 26.2 Å². The predicted molar refractivity (Wildman–Crippen MR) is 108 cm³/mol. The molecule has 2 amide bonds. The molecule has 1 saturated heterocycles. The van der Waals surface area contributed by atoms with E-state index in [-0.39, 0.29) is 11.7 Å². The van der Waals surface area contributed by atoms with E-state index in [1.807, 2.05) is 0 Å². The molecule has 0 atom stereocenters. The third-order valence-corrected chi connectivity index (χ3v) is 5.88. The number of aryl methyl sites for hydroxylation is 1. The topological polar surface area (TPSA) is 48.5 Å². The molecule has 0 spiro atoms. The van der Waals surface area contributed by atoms with Crippen molar-refractivity contribution in [3.63, 3.8) is 0 Å². The molecule has 27 heavy (non-hydrogen) atoms. The van der Waals surface area contributed by atoms with Crippen molar-refractivity contribution < 1.29 is 9.18 Å². The summed E-state index contributed by atoms with van der Waals surface area (Å²) in [5.41, 5.74) is 2.54. The van der Waals surface area contributed by atoms with E-state index in [1.54, 1.807) is 34.4 Å². The fourth-order valence-corrected chi connectivity index (χ4v) is 4.25. The van der Waals surface area contributed by atoms with Crippen molar-refractivity contribution in [3.05, 3.63) is 53.8 Å². The average Bonchev–Trinajstić information content (AvgIpc) is 3.13. The molecule has 0 aliphatic carbocycles. The van der Waals surface area contributed by atoms with Crippen LogP contribution in [-0.2, 0) is 6.42 Å². The minimum atomic E-state index is -0.426. The summed E-state index contributed by atoms with van der Waals surface area (Å²) in [6, 6.07) is 12.3. The van der Waals surface area contributed by atoms with Crippen LogP contribution in [-0.4, -0.2) is 42.1 Å². The maximum Gasteiger partial charge on any atom is 0.322 e. The molecular formula is C20H21FN4OS. The molecule has 2 heterocycles. The molecule has 4 rings (SSSR count). The second-order valence-electron chi connectivity index (χ2n) is 6.54. The summed E-state index contributed by atoms with van der Waals surface area (Å²) in [5, 5.41) is 3.64. The number of piperazine rings is 1. The smallest absolute Gasteiger partial charge is 0.322 e. The van der Waals surface area contributed by atoms with Crippen molar-refractivity contribution in [2.24, 2.45) is 0 Å². The number of hydrogen-bond donors (Lipinski definition) is 1. The van der Waals surface area contributed by atoms with Crippen LogP contribution in [0.2, 0.25) is 0 Å². The van der Waals surface area contributed by atoms with E-state index in [9.17, 15) is 9.18 Å². The normalized spacial score (nSPS) is 14.6. The second kappa shape index (κ2) is 7.52. The summed E-state index contributed by atoms with van der Waals surface area (Å²) >= 11 is 1.69. The SMILES string of the molecule is CCc1ccc2nc(N3CCN(C(=O)Nc4ccccc4F)CC3)sc2c1. The Balaban J connectivity index is 1.40. The van der Waals surface area contributed by atoms with Gasteiger partial charge in [0.15, 0.2) is 5.13 Å². The number of amides is 2. The number of halogens is 1. The molecule has 0 unspecified atom stereocenters. The van der Waals surface area contributed by atoms with Crippen LogP contribution in [0.5, 0.6) is 0 Å². The Morgan fingerprint density at radius 3 is 2.70 bits per heavy atom. The van der Waals surface area contributed by atoms with Gasteiger partial charge in [0.05, 0.1) is 15.9 Å². The molecule has 1 aliphatic heterocycles. The first-order valence-corrected chi connectivity index (χ1v) is 9.90. The molecule has 7 heteroatoms. The summed E-state index contributed by atoms with van der Waals surface area (Å²) in [4.78, 5) is 21.1. The molecule has 3 aromatic rings. The minimum absolute atomic E-state index is 0.211. The number of hydrogen-bond acceptors (Lipinski definition) is 4. The van der Waals surface area contributed by atoms with Gasteiger partial charge >= 0.3 is 6.03 Å². The van der Waals surface area contributed by atoms with E-state index >= 15 is 0 Å². The number of carbonyl (C=O) groups is 1. The lowest BCUT2D eigenvalue weighted by molar-refractivity contribution is 0.208. The number of nitrogens with zero attached hydrogens (tertiary/aromatic N) is 3. The van der Waals surface area contributed by atoms with Gasteiger partial charge in [-0.15, -0.1) is 0 Å². The minimum Gasteiger partial charge on any atom is -0.345 e. The van der Waals surface area contributed by atoms with Gasteiger partial charge in [0.25, 0.3) is 0 Å². The third kappa shape index (κ3) is 3.73. The van der Waals surface area contributed by atoms with Crippen molar-refractivity contribution in [1.82, 2.24) is 9.88 Å². The molecule has 140 valence electrons. The molecule has 5 nitrogen and oxygen atoms in total. The van der Waals surface area contributed by atoms with Crippen LogP contribution < -0.4 is 10.2 Å². The summed E-state index contributed by atoms with van der Waals surface area (Å²) in [6.07, 6.45) is 1.01. The monoisotopic (exact) mass is 384 g/mol. The largest absolute Gasteiger partial charge is 0.345 e. The predicted octanol–water partition coefficient (Wildman–Crippen LogP) is 4.35. The van der Waals surface area contributed by atoms with Gasteiger partial charge in [-0.2, -0.15) is 0 Å². The highest BCUT2D eigenvalue weighted by Gasteiger charge is 2.23. The number of para-hydroxylation sites is 1. The van der Waals surface area contributed by atoms with E-state index in [4.69, 9.17) is 4.98 Å². The highest BCUT2D eigenvalue weighted by atomic mass is 32.1. The first-order valence-electron chi connectivity index (χ1n) is 9.09. The maximum absolute atomic E-state index is 13.7. The molecule has 1 fully saturated rings. The average molecular weight is 384 g/mol. The lowest BCUT2D eigenvalue weighted by atomic mass is 10.2. The van der Waals surface area contributed by atoms with Gasteiger partial charge in [0.1, 0.15) is 5.82 Å². The third-order valence-electron chi connectivity index (χ3n) is 4.80. The fourth-order valence-electron chi connectivity index (χ4n) is 3.17. The maximum atomic E-state index is 13.7. The van der Waals surface area contributed by atoms with Gasteiger partial charge in [-0.05, 0) is 36.2 Å². The van der Waals surface area contributed by atoms with Gasteiger partial charge in [0.2, 0.25) is 0 Å². The zero-order valence-corrected chi connectivity index (χ0v) is 15.9. The lowest BCUT2D eigenvalue weighted by Crippen LogP contribution is -2.50. The number of anilines is 2. The van der Waals surface area contributed by atoms with Crippen LogP contribution in [0.3, 0.4) is 0 Å². The number of urea groups is 1. The summed E-state index contributed by atoms with van der Waals surface area (Å²) in [6.45, 7) is 4.73. The molecular weight excluding hydrogens is 363 g/mol. The first-order chi connectivity index (χ1) is 13.1. The second-order valence-corrected chi connectivity index (χ2v) is 7.55. The molecule has 0 radical (unpaired) electrons. The molecule has 0 bridgehead atoms. The Kier molecular flexibility index (Phi) is 4.94. The van der Waals surface area contributed by atoms with E-state index in [2.05, 4.69) is 35.3 Å². The van der Waals surface area contributed by atoms with Gasteiger partial charge in [-0.25, -0.2) is 14.2 Å². The Bertz CT molecular complexity index is 966. The van der Waals surface area contributed by atoms with Crippen LogP contribution in [0, 0.1) is 5.82 Å². The quantitative estimate of drug-likeness (QED) is 0.730. The Hall–Kier alpha value is -2.67. The zero-order valence-electron chi connectivity index (χ0n) is 15.1. The van der Waals surface area contributed by atoms with Crippen LogP contribution in [0.1, 0.15) is 12.5 Å². The molecule has 1 N–H and O–H groups in total. The van der Waals surface area contributed by atoms with Crippen molar-refractivity contribution in [3.8, 4) is 0 Å². The van der Waals surface area contributed by atoms with Crippen LogP contribution in [0.4, 0.5) is 20.0 Å². The Morgan fingerprint density at radius 2 is 1.96 bits per heavy atom. The number of carbonyl (C=O) groups excluding carboxylic acids is 1. The lowest BCUT2D eigenvalue weighted by Gasteiger charge is -2.34. The molecule has 2 aromatic carbocycles.